The minimum atomic E-state index is -0.172. The van der Waals surface area contributed by atoms with E-state index >= 15 is 0 Å². The molecular weight excluding hydrogens is 388 g/mol. The van der Waals surface area contributed by atoms with Crippen LogP contribution in [-0.4, -0.2) is 19.8 Å². The van der Waals surface area contributed by atoms with Gasteiger partial charge >= 0.3 is 0 Å². The van der Waals surface area contributed by atoms with E-state index in [1.165, 1.54) is 0 Å². The molecular formula is C27H32O4. The van der Waals surface area contributed by atoms with Crippen LogP contribution in [0.1, 0.15) is 38.8 Å². The summed E-state index contributed by atoms with van der Waals surface area (Å²) < 4.78 is 23.5. The Bertz CT molecular complexity index is 950. The largest absolute Gasteiger partial charge is 0.490 e. The van der Waals surface area contributed by atoms with Gasteiger partial charge < -0.3 is 18.9 Å². The van der Waals surface area contributed by atoms with E-state index in [2.05, 4.69) is 32.0 Å². The molecule has 0 bridgehead atoms. The average molecular weight is 421 g/mol. The van der Waals surface area contributed by atoms with Crippen molar-refractivity contribution < 1.29 is 18.9 Å². The molecule has 0 saturated carbocycles. The second-order valence-electron chi connectivity index (χ2n) is 7.97. The van der Waals surface area contributed by atoms with Gasteiger partial charge in [-0.2, -0.15) is 0 Å². The first-order valence-electron chi connectivity index (χ1n) is 10.8. The van der Waals surface area contributed by atoms with Gasteiger partial charge in [-0.3, -0.25) is 0 Å². The molecule has 0 radical (unpaired) electrons. The smallest absolute Gasteiger partial charge is 0.161 e. The zero-order valence-electron chi connectivity index (χ0n) is 18.9. The number of para-hydroxylation sites is 1. The summed E-state index contributed by atoms with van der Waals surface area (Å²) in [7, 11) is 0. The standard InChI is InChI=1S/C27H32O4/c1-5-29-25-16-15-22(18-26(25)30-6-2)27(3,4)20-28-19-21-11-10-14-24(17-21)31-23-12-8-7-9-13-23/h7-18H,5-6,19-20H2,1-4H3. The molecule has 0 fully saturated rings. The molecule has 0 aromatic heterocycles. The minimum absolute atomic E-state index is 0.172. The summed E-state index contributed by atoms with van der Waals surface area (Å²) in [4.78, 5) is 0. The van der Waals surface area contributed by atoms with Gasteiger partial charge in [0, 0.05) is 5.41 Å². The maximum atomic E-state index is 6.09. The van der Waals surface area contributed by atoms with Crippen LogP contribution in [0.2, 0.25) is 0 Å². The molecule has 0 saturated heterocycles. The normalized spacial score (nSPS) is 11.2. The zero-order valence-corrected chi connectivity index (χ0v) is 18.9. The second kappa shape index (κ2) is 10.9. The molecule has 3 rings (SSSR count). The first kappa shape index (κ1) is 22.7. The van der Waals surface area contributed by atoms with Crippen LogP contribution in [0.4, 0.5) is 0 Å². The molecule has 0 spiro atoms. The topological polar surface area (TPSA) is 36.9 Å². The molecule has 0 aliphatic carbocycles. The van der Waals surface area contributed by atoms with Gasteiger partial charge in [0.2, 0.25) is 0 Å². The Morgan fingerprint density at radius 2 is 1.42 bits per heavy atom. The highest BCUT2D eigenvalue weighted by Gasteiger charge is 2.23. The third-order valence-corrected chi connectivity index (χ3v) is 4.93. The highest BCUT2D eigenvalue weighted by atomic mass is 16.5. The van der Waals surface area contributed by atoms with E-state index in [1.807, 2.05) is 68.4 Å². The van der Waals surface area contributed by atoms with Crippen molar-refractivity contribution in [2.75, 3.05) is 19.8 Å². The second-order valence-corrected chi connectivity index (χ2v) is 7.97. The molecule has 0 aliphatic rings. The molecule has 0 aliphatic heterocycles. The van der Waals surface area contributed by atoms with Gasteiger partial charge in [-0.1, -0.05) is 50.2 Å². The van der Waals surface area contributed by atoms with Crippen molar-refractivity contribution >= 4 is 0 Å². The average Bonchev–Trinajstić information content (AvgIpc) is 2.76. The van der Waals surface area contributed by atoms with E-state index in [1.54, 1.807) is 0 Å². The first-order chi connectivity index (χ1) is 15.0. The van der Waals surface area contributed by atoms with Crippen LogP contribution in [0.25, 0.3) is 0 Å². The molecule has 0 amide bonds. The summed E-state index contributed by atoms with van der Waals surface area (Å²) in [6.45, 7) is 10.6. The van der Waals surface area contributed by atoms with Crippen LogP contribution in [0.15, 0.2) is 72.8 Å². The molecule has 0 unspecified atom stereocenters. The third-order valence-electron chi connectivity index (χ3n) is 4.93. The lowest BCUT2D eigenvalue weighted by Crippen LogP contribution is -2.24. The first-order valence-corrected chi connectivity index (χ1v) is 10.8. The van der Waals surface area contributed by atoms with Gasteiger partial charge in [0.15, 0.2) is 11.5 Å². The SMILES string of the molecule is CCOc1ccc(C(C)(C)COCc2cccc(Oc3ccccc3)c2)cc1OCC. The summed E-state index contributed by atoms with van der Waals surface area (Å²) in [6, 6.07) is 23.9. The van der Waals surface area contributed by atoms with Crippen LogP contribution in [0.3, 0.4) is 0 Å². The van der Waals surface area contributed by atoms with E-state index < -0.39 is 0 Å². The molecule has 164 valence electrons. The molecule has 31 heavy (non-hydrogen) atoms. The lowest BCUT2D eigenvalue weighted by atomic mass is 9.85. The Morgan fingerprint density at radius 1 is 0.710 bits per heavy atom. The Hall–Kier alpha value is -2.98. The monoisotopic (exact) mass is 420 g/mol. The maximum Gasteiger partial charge on any atom is 0.161 e. The fraction of sp³-hybridized carbons (Fsp3) is 0.333. The van der Waals surface area contributed by atoms with Crippen molar-refractivity contribution in [3.05, 3.63) is 83.9 Å². The van der Waals surface area contributed by atoms with E-state index in [0.29, 0.717) is 26.4 Å². The Morgan fingerprint density at radius 3 is 2.16 bits per heavy atom. The molecule has 0 N–H and O–H groups in total. The van der Waals surface area contributed by atoms with Crippen LogP contribution in [0.5, 0.6) is 23.0 Å². The summed E-state index contributed by atoms with van der Waals surface area (Å²) in [5.41, 5.74) is 2.06. The van der Waals surface area contributed by atoms with Crippen LogP contribution in [-0.2, 0) is 16.8 Å². The van der Waals surface area contributed by atoms with E-state index in [4.69, 9.17) is 18.9 Å². The van der Waals surface area contributed by atoms with Crippen molar-refractivity contribution in [1.82, 2.24) is 0 Å². The van der Waals surface area contributed by atoms with Crippen LogP contribution >= 0.6 is 0 Å². The quantitative estimate of drug-likeness (QED) is 0.343. The van der Waals surface area contributed by atoms with Gasteiger partial charge in [-0.25, -0.2) is 0 Å². The van der Waals surface area contributed by atoms with E-state index in [-0.39, 0.29) is 5.41 Å². The molecule has 4 heteroatoms. The molecule has 3 aromatic carbocycles. The summed E-state index contributed by atoms with van der Waals surface area (Å²) in [5, 5.41) is 0. The van der Waals surface area contributed by atoms with Gasteiger partial charge in [-0.15, -0.1) is 0 Å². The van der Waals surface area contributed by atoms with Crippen molar-refractivity contribution in [3.8, 4) is 23.0 Å². The molecule has 0 atom stereocenters. The predicted octanol–water partition coefficient (Wildman–Crippen LogP) is 6.77. The summed E-state index contributed by atoms with van der Waals surface area (Å²) >= 11 is 0. The predicted molar refractivity (Wildman–Crippen MR) is 124 cm³/mol. The number of benzene rings is 3. The Kier molecular flexibility index (Phi) is 7.96. The highest BCUT2D eigenvalue weighted by molar-refractivity contribution is 5.45. The summed E-state index contributed by atoms with van der Waals surface area (Å²) in [5.74, 6) is 3.18. The van der Waals surface area contributed by atoms with Gasteiger partial charge in [-0.05, 0) is 61.4 Å². The van der Waals surface area contributed by atoms with E-state index in [9.17, 15) is 0 Å². The van der Waals surface area contributed by atoms with Crippen molar-refractivity contribution in [2.45, 2.75) is 39.7 Å². The number of ether oxygens (including phenoxy) is 4. The Labute approximate surface area is 185 Å². The molecule has 3 aromatic rings. The minimum Gasteiger partial charge on any atom is -0.490 e. The lowest BCUT2D eigenvalue weighted by Gasteiger charge is -2.26. The van der Waals surface area contributed by atoms with Gasteiger partial charge in [0.1, 0.15) is 11.5 Å². The zero-order chi connectivity index (χ0) is 22.1. The highest BCUT2D eigenvalue weighted by Crippen LogP contribution is 2.34. The van der Waals surface area contributed by atoms with Crippen LogP contribution in [0, 0.1) is 0 Å². The molecule has 4 nitrogen and oxygen atoms in total. The van der Waals surface area contributed by atoms with Crippen molar-refractivity contribution in [3.63, 3.8) is 0 Å². The summed E-state index contributed by atoms with van der Waals surface area (Å²) in [6.07, 6.45) is 0. The number of hydrogen-bond donors (Lipinski definition) is 0. The lowest BCUT2D eigenvalue weighted by molar-refractivity contribution is 0.0823. The number of hydrogen-bond acceptors (Lipinski definition) is 4. The number of rotatable bonds is 11. The van der Waals surface area contributed by atoms with Crippen molar-refractivity contribution in [1.29, 1.82) is 0 Å². The molecule has 0 heterocycles. The third kappa shape index (κ3) is 6.50. The van der Waals surface area contributed by atoms with E-state index in [0.717, 1.165) is 34.1 Å². The van der Waals surface area contributed by atoms with Gasteiger partial charge in [0.25, 0.3) is 0 Å². The fourth-order valence-corrected chi connectivity index (χ4v) is 3.30. The Balaban J connectivity index is 1.62. The maximum absolute atomic E-state index is 6.09. The van der Waals surface area contributed by atoms with Crippen molar-refractivity contribution in [2.24, 2.45) is 0 Å². The van der Waals surface area contributed by atoms with Gasteiger partial charge in [0.05, 0.1) is 26.4 Å². The van der Waals surface area contributed by atoms with Crippen LogP contribution < -0.4 is 14.2 Å². The fourth-order valence-electron chi connectivity index (χ4n) is 3.30.